The third-order valence-electron chi connectivity index (χ3n) is 3.68. The van der Waals surface area contributed by atoms with Crippen LogP contribution in [0.1, 0.15) is 27.3 Å². The molecule has 1 saturated heterocycles. The summed E-state index contributed by atoms with van der Waals surface area (Å²) in [5.41, 5.74) is 0.379. The molecule has 0 aliphatic carbocycles. The van der Waals surface area contributed by atoms with Crippen LogP contribution in [0, 0.1) is 0 Å². The Morgan fingerprint density at radius 1 is 1.25 bits per heavy atom. The highest BCUT2D eigenvalue weighted by Gasteiger charge is 2.29. The van der Waals surface area contributed by atoms with Gasteiger partial charge in [-0.25, -0.2) is 4.79 Å². The van der Waals surface area contributed by atoms with E-state index in [1.165, 1.54) is 24.5 Å². The smallest absolute Gasteiger partial charge is 0.335 e. The van der Waals surface area contributed by atoms with Gasteiger partial charge in [0, 0.05) is 12.7 Å². The lowest BCUT2D eigenvalue weighted by molar-refractivity contribution is -0.0135. The predicted molar refractivity (Wildman–Crippen MR) is 81.0 cm³/mol. The second-order valence-corrected chi connectivity index (χ2v) is 5.31. The SMILES string of the molecule is O=C(O)c1ccc(O[C@@H]2COCC[C@H]2NC(=O)c2ccon2)cc1. The number of nitrogens with one attached hydrogen (secondary N) is 1. The van der Waals surface area contributed by atoms with E-state index in [1.807, 2.05) is 0 Å². The van der Waals surface area contributed by atoms with Gasteiger partial charge in [0.2, 0.25) is 0 Å². The zero-order valence-corrected chi connectivity index (χ0v) is 12.7. The molecule has 0 saturated carbocycles. The van der Waals surface area contributed by atoms with Crippen LogP contribution in [-0.4, -0.2) is 47.5 Å². The van der Waals surface area contributed by atoms with E-state index in [1.54, 1.807) is 12.1 Å². The first kappa shape index (κ1) is 16.0. The Labute approximate surface area is 137 Å². The normalized spacial score (nSPS) is 20.3. The summed E-state index contributed by atoms with van der Waals surface area (Å²) < 4.78 is 15.9. The van der Waals surface area contributed by atoms with E-state index in [0.29, 0.717) is 25.4 Å². The molecule has 1 aliphatic heterocycles. The van der Waals surface area contributed by atoms with Gasteiger partial charge in [-0.05, 0) is 30.7 Å². The van der Waals surface area contributed by atoms with Gasteiger partial charge in [0.25, 0.3) is 5.91 Å². The first-order valence-corrected chi connectivity index (χ1v) is 7.42. The van der Waals surface area contributed by atoms with Gasteiger partial charge in [0.05, 0.1) is 18.2 Å². The zero-order valence-electron chi connectivity index (χ0n) is 12.7. The number of carboxylic acids is 1. The number of rotatable bonds is 5. The number of ether oxygens (including phenoxy) is 2. The van der Waals surface area contributed by atoms with Crippen molar-refractivity contribution in [3.05, 3.63) is 47.9 Å². The van der Waals surface area contributed by atoms with Gasteiger partial charge < -0.3 is 24.4 Å². The number of carbonyl (C=O) groups is 2. The zero-order chi connectivity index (χ0) is 16.9. The second-order valence-electron chi connectivity index (χ2n) is 5.31. The fourth-order valence-corrected chi connectivity index (χ4v) is 2.42. The van der Waals surface area contributed by atoms with E-state index in [0.717, 1.165) is 0 Å². The molecule has 8 heteroatoms. The molecule has 2 N–H and O–H groups in total. The second kappa shape index (κ2) is 7.14. The highest BCUT2D eigenvalue weighted by molar-refractivity contribution is 5.92. The molecular formula is C16H16N2O6. The number of amides is 1. The van der Waals surface area contributed by atoms with Crippen LogP contribution < -0.4 is 10.1 Å². The van der Waals surface area contributed by atoms with Crippen molar-refractivity contribution in [2.45, 2.75) is 18.6 Å². The maximum atomic E-state index is 12.1. The van der Waals surface area contributed by atoms with Crippen LogP contribution in [-0.2, 0) is 4.74 Å². The van der Waals surface area contributed by atoms with E-state index < -0.39 is 5.97 Å². The van der Waals surface area contributed by atoms with Gasteiger partial charge in [-0.1, -0.05) is 5.16 Å². The molecule has 3 rings (SSSR count). The first-order valence-electron chi connectivity index (χ1n) is 7.42. The Bertz CT molecular complexity index is 698. The number of carbonyl (C=O) groups excluding carboxylic acids is 1. The molecule has 0 bridgehead atoms. The molecule has 2 atom stereocenters. The Hall–Kier alpha value is -2.87. The molecule has 1 aromatic carbocycles. The van der Waals surface area contributed by atoms with Crippen molar-refractivity contribution in [1.82, 2.24) is 10.5 Å². The Morgan fingerprint density at radius 2 is 2.04 bits per heavy atom. The highest BCUT2D eigenvalue weighted by atomic mass is 16.5. The highest BCUT2D eigenvalue weighted by Crippen LogP contribution is 2.19. The number of hydrogen-bond acceptors (Lipinski definition) is 6. The number of carboxylic acid groups (broad SMARTS) is 1. The largest absolute Gasteiger partial charge is 0.486 e. The maximum absolute atomic E-state index is 12.1. The lowest BCUT2D eigenvalue weighted by Gasteiger charge is -2.32. The van der Waals surface area contributed by atoms with Crippen molar-refractivity contribution in [1.29, 1.82) is 0 Å². The van der Waals surface area contributed by atoms with Crippen molar-refractivity contribution >= 4 is 11.9 Å². The number of aromatic carboxylic acids is 1. The summed E-state index contributed by atoms with van der Waals surface area (Å²) in [6.45, 7) is 0.839. The van der Waals surface area contributed by atoms with Gasteiger partial charge >= 0.3 is 5.97 Å². The molecule has 1 aromatic heterocycles. The standard InChI is InChI=1S/C16H16N2O6/c19-15(13-6-8-23-18-13)17-12-5-7-22-9-14(12)24-11-3-1-10(2-4-11)16(20)21/h1-4,6,8,12,14H,5,7,9H2,(H,17,19)(H,20,21)/t12-,14-/m1/s1. The topological polar surface area (TPSA) is 111 Å². The maximum Gasteiger partial charge on any atom is 0.335 e. The van der Waals surface area contributed by atoms with Gasteiger partial charge in [-0.15, -0.1) is 0 Å². The Morgan fingerprint density at radius 3 is 2.71 bits per heavy atom. The molecule has 2 heterocycles. The molecule has 0 unspecified atom stereocenters. The summed E-state index contributed by atoms with van der Waals surface area (Å²) in [4.78, 5) is 23.0. The van der Waals surface area contributed by atoms with Crippen molar-refractivity contribution in [2.75, 3.05) is 13.2 Å². The van der Waals surface area contributed by atoms with Crippen LogP contribution in [0.3, 0.4) is 0 Å². The average Bonchev–Trinajstić information content (AvgIpc) is 3.12. The monoisotopic (exact) mass is 332 g/mol. The van der Waals surface area contributed by atoms with E-state index >= 15 is 0 Å². The Balaban J connectivity index is 1.65. The van der Waals surface area contributed by atoms with Crippen molar-refractivity contribution in [3.63, 3.8) is 0 Å². The summed E-state index contributed by atoms with van der Waals surface area (Å²) in [6.07, 6.45) is 1.54. The molecule has 24 heavy (non-hydrogen) atoms. The van der Waals surface area contributed by atoms with Crippen LogP contribution in [0.15, 0.2) is 41.1 Å². The third kappa shape index (κ3) is 3.72. The van der Waals surface area contributed by atoms with Gasteiger partial charge in [-0.2, -0.15) is 0 Å². The minimum absolute atomic E-state index is 0.179. The van der Waals surface area contributed by atoms with Crippen LogP contribution >= 0.6 is 0 Å². The molecule has 1 amide bonds. The molecule has 0 radical (unpaired) electrons. The van der Waals surface area contributed by atoms with Crippen molar-refractivity contribution in [2.24, 2.45) is 0 Å². The lowest BCUT2D eigenvalue weighted by atomic mass is 10.1. The number of hydrogen-bond donors (Lipinski definition) is 2. The van der Waals surface area contributed by atoms with E-state index in [4.69, 9.17) is 14.6 Å². The quantitative estimate of drug-likeness (QED) is 0.850. The molecule has 2 aromatic rings. The average molecular weight is 332 g/mol. The third-order valence-corrected chi connectivity index (χ3v) is 3.68. The number of aromatic nitrogens is 1. The fourth-order valence-electron chi connectivity index (χ4n) is 2.42. The summed E-state index contributed by atoms with van der Waals surface area (Å²) in [5, 5.41) is 15.4. The lowest BCUT2D eigenvalue weighted by Crippen LogP contribution is -2.51. The molecule has 1 aliphatic rings. The fraction of sp³-hybridized carbons (Fsp3) is 0.312. The van der Waals surface area contributed by atoms with Crippen molar-refractivity contribution < 1.29 is 28.7 Å². The van der Waals surface area contributed by atoms with Gasteiger partial charge in [-0.3, -0.25) is 4.79 Å². The van der Waals surface area contributed by atoms with Gasteiger partial charge in [0.15, 0.2) is 5.69 Å². The van der Waals surface area contributed by atoms with E-state index in [9.17, 15) is 9.59 Å². The summed E-state index contributed by atoms with van der Waals surface area (Å²) in [5.74, 6) is -0.832. The molecule has 0 spiro atoms. The van der Waals surface area contributed by atoms with Crippen LogP contribution in [0.25, 0.3) is 0 Å². The predicted octanol–water partition coefficient (Wildman–Crippen LogP) is 1.34. The number of nitrogens with zero attached hydrogens (tertiary/aromatic N) is 1. The molecule has 126 valence electrons. The van der Waals surface area contributed by atoms with Crippen LogP contribution in [0.2, 0.25) is 0 Å². The van der Waals surface area contributed by atoms with E-state index in [2.05, 4.69) is 15.0 Å². The minimum Gasteiger partial charge on any atom is -0.486 e. The first-order chi connectivity index (χ1) is 11.6. The van der Waals surface area contributed by atoms with Crippen LogP contribution in [0.4, 0.5) is 0 Å². The minimum atomic E-state index is -1.000. The summed E-state index contributed by atoms with van der Waals surface area (Å²) >= 11 is 0. The van der Waals surface area contributed by atoms with E-state index in [-0.39, 0.29) is 29.3 Å². The molecular weight excluding hydrogens is 316 g/mol. The molecule has 1 fully saturated rings. The summed E-state index contributed by atoms with van der Waals surface area (Å²) in [6, 6.07) is 7.31. The molecule has 8 nitrogen and oxygen atoms in total. The summed E-state index contributed by atoms with van der Waals surface area (Å²) in [7, 11) is 0. The van der Waals surface area contributed by atoms with Gasteiger partial charge in [0.1, 0.15) is 18.1 Å². The van der Waals surface area contributed by atoms with Crippen LogP contribution in [0.5, 0.6) is 5.75 Å². The number of benzene rings is 1. The van der Waals surface area contributed by atoms with Crippen molar-refractivity contribution in [3.8, 4) is 5.75 Å². The Kier molecular flexibility index (Phi) is 4.76.